The second-order valence-electron chi connectivity index (χ2n) is 5.11. The molecule has 4 heteroatoms. The Bertz CT molecular complexity index is 267. The predicted molar refractivity (Wildman–Crippen MR) is 75.0 cm³/mol. The van der Waals surface area contributed by atoms with Gasteiger partial charge < -0.3 is 19.3 Å². The Morgan fingerprint density at radius 1 is 1.11 bits per heavy atom. The SMILES string of the molecule is C=C1O[C@H](C)[C@@H](OCCCC)[C@H](OCCCC)[C@@H]1O. The van der Waals surface area contributed by atoms with Gasteiger partial charge in [0, 0.05) is 13.2 Å². The molecule has 1 rings (SSSR count). The van der Waals surface area contributed by atoms with Gasteiger partial charge in [0.05, 0.1) is 0 Å². The van der Waals surface area contributed by atoms with Crippen LogP contribution in [0.25, 0.3) is 0 Å². The van der Waals surface area contributed by atoms with E-state index in [0.717, 1.165) is 25.7 Å². The van der Waals surface area contributed by atoms with Gasteiger partial charge in [0.1, 0.15) is 30.2 Å². The summed E-state index contributed by atoms with van der Waals surface area (Å²) >= 11 is 0. The molecule has 19 heavy (non-hydrogen) atoms. The molecule has 0 aromatic carbocycles. The number of aliphatic hydroxyl groups excluding tert-OH is 1. The smallest absolute Gasteiger partial charge is 0.139 e. The van der Waals surface area contributed by atoms with Gasteiger partial charge >= 0.3 is 0 Å². The van der Waals surface area contributed by atoms with Crippen LogP contribution in [0.2, 0.25) is 0 Å². The summed E-state index contributed by atoms with van der Waals surface area (Å²) in [6, 6.07) is 0. The van der Waals surface area contributed by atoms with Crippen molar-refractivity contribution in [3.8, 4) is 0 Å². The highest BCUT2D eigenvalue weighted by Gasteiger charge is 2.41. The summed E-state index contributed by atoms with van der Waals surface area (Å²) in [5.74, 6) is 0.379. The van der Waals surface area contributed by atoms with E-state index in [0.29, 0.717) is 19.0 Å². The van der Waals surface area contributed by atoms with Gasteiger partial charge in [-0.1, -0.05) is 33.3 Å². The zero-order valence-electron chi connectivity index (χ0n) is 12.4. The largest absolute Gasteiger partial charge is 0.490 e. The zero-order valence-corrected chi connectivity index (χ0v) is 12.4. The summed E-state index contributed by atoms with van der Waals surface area (Å²) in [7, 11) is 0. The molecule has 1 N–H and O–H groups in total. The van der Waals surface area contributed by atoms with Gasteiger partial charge in [0.2, 0.25) is 0 Å². The highest BCUT2D eigenvalue weighted by molar-refractivity contribution is 5.05. The lowest BCUT2D eigenvalue weighted by Crippen LogP contribution is -2.53. The van der Waals surface area contributed by atoms with E-state index in [4.69, 9.17) is 14.2 Å². The first-order valence-corrected chi connectivity index (χ1v) is 7.38. The van der Waals surface area contributed by atoms with Crippen molar-refractivity contribution >= 4 is 0 Å². The van der Waals surface area contributed by atoms with Crippen LogP contribution in [0.3, 0.4) is 0 Å². The van der Waals surface area contributed by atoms with Gasteiger partial charge in [-0.15, -0.1) is 0 Å². The topological polar surface area (TPSA) is 47.9 Å². The molecule has 1 aliphatic heterocycles. The van der Waals surface area contributed by atoms with Crippen molar-refractivity contribution < 1.29 is 19.3 Å². The fraction of sp³-hybridized carbons (Fsp3) is 0.867. The number of rotatable bonds is 8. The zero-order chi connectivity index (χ0) is 14.3. The summed E-state index contributed by atoms with van der Waals surface area (Å²) in [6.45, 7) is 11.2. The Labute approximate surface area is 116 Å². The van der Waals surface area contributed by atoms with Crippen LogP contribution in [0.4, 0.5) is 0 Å². The standard InChI is InChI=1S/C15H28O4/c1-5-7-9-17-14-12(4)19-11(3)13(16)15(14)18-10-8-6-2/h12-16H,3,5-10H2,1-2,4H3/t12-,13-,14-,15-/m1/s1. The molecule has 4 nitrogen and oxygen atoms in total. The van der Waals surface area contributed by atoms with E-state index in [9.17, 15) is 5.11 Å². The molecule has 1 saturated heterocycles. The maximum absolute atomic E-state index is 10.2. The Hall–Kier alpha value is -0.580. The number of unbranched alkanes of at least 4 members (excludes halogenated alkanes) is 2. The van der Waals surface area contributed by atoms with E-state index in [2.05, 4.69) is 20.4 Å². The fourth-order valence-electron chi connectivity index (χ4n) is 2.15. The molecule has 0 radical (unpaired) electrons. The normalized spacial score (nSPS) is 31.3. The van der Waals surface area contributed by atoms with Crippen molar-refractivity contribution in [3.63, 3.8) is 0 Å². The highest BCUT2D eigenvalue weighted by atomic mass is 16.6. The van der Waals surface area contributed by atoms with E-state index in [-0.39, 0.29) is 18.3 Å². The van der Waals surface area contributed by atoms with Crippen LogP contribution >= 0.6 is 0 Å². The molecule has 0 bridgehead atoms. The van der Waals surface area contributed by atoms with E-state index < -0.39 is 6.10 Å². The summed E-state index contributed by atoms with van der Waals surface area (Å²) in [4.78, 5) is 0. The molecule has 0 unspecified atom stereocenters. The Kier molecular flexibility index (Phi) is 7.42. The molecule has 0 spiro atoms. The van der Waals surface area contributed by atoms with Crippen molar-refractivity contribution in [2.75, 3.05) is 13.2 Å². The first kappa shape index (κ1) is 16.5. The van der Waals surface area contributed by atoms with Crippen LogP contribution in [0.15, 0.2) is 12.3 Å². The minimum atomic E-state index is -0.806. The molecule has 112 valence electrons. The molecule has 1 fully saturated rings. The number of aliphatic hydroxyl groups is 1. The first-order chi connectivity index (χ1) is 9.11. The summed E-state index contributed by atoms with van der Waals surface area (Å²) in [6.07, 6.45) is 2.58. The maximum Gasteiger partial charge on any atom is 0.139 e. The molecular formula is C15H28O4. The van der Waals surface area contributed by atoms with E-state index in [1.807, 2.05) is 6.92 Å². The van der Waals surface area contributed by atoms with Crippen molar-refractivity contribution in [1.29, 1.82) is 0 Å². The van der Waals surface area contributed by atoms with Gasteiger partial charge in [-0.25, -0.2) is 0 Å². The molecule has 0 aliphatic carbocycles. The van der Waals surface area contributed by atoms with Crippen molar-refractivity contribution in [1.82, 2.24) is 0 Å². The van der Waals surface area contributed by atoms with E-state index in [1.165, 1.54) is 0 Å². The third-order valence-electron chi connectivity index (χ3n) is 3.38. The summed E-state index contributed by atoms with van der Waals surface area (Å²) < 4.78 is 17.2. The monoisotopic (exact) mass is 272 g/mol. The first-order valence-electron chi connectivity index (χ1n) is 7.38. The van der Waals surface area contributed by atoms with Gasteiger partial charge in [0.15, 0.2) is 0 Å². The quantitative estimate of drug-likeness (QED) is 0.690. The molecule has 4 atom stereocenters. The lowest BCUT2D eigenvalue weighted by molar-refractivity contribution is -0.190. The molecule has 0 aromatic rings. The van der Waals surface area contributed by atoms with Crippen LogP contribution in [0.1, 0.15) is 46.5 Å². The van der Waals surface area contributed by atoms with Crippen LogP contribution in [0.5, 0.6) is 0 Å². The molecule has 0 amide bonds. The summed E-state index contributed by atoms with van der Waals surface area (Å²) in [5.41, 5.74) is 0. The van der Waals surface area contributed by atoms with Gasteiger partial charge in [-0.3, -0.25) is 0 Å². The lowest BCUT2D eigenvalue weighted by Gasteiger charge is -2.40. The minimum absolute atomic E-state index is 0.139. The van der Waals surface area contributed by atoms with E-state index in [1.54, 1.807) is 0 Å². The number of ether oxygens (including phenoxy) is 3. The van der Waals surface area contributed by atoms with Crippen LogP contribution in [0, 0.1) is 0 Å². The van der Waals surface area contributed by atoms with Gasteiger partial charge in [0.25, 0.3) is 0 Å². The number of hydrogen-bond acceptors (Lipinski definition) is 4. The fourth-order valence-corrected chi connectivity index (χ4v) is 2.15. The van der Waals surface area contributed by atoms with Gasteiger partial charge in [-0.05, 0) is 19.8 Å². The lowest BCUT2D eigenvalue weighted by atomic mass is 9.98. The average molecular weight is 272 g/mol. The summed E-state index contributed by atoms with van der Waals surface area (Å²) in [5, 5.41) is 10.2. The Morgan fingerprint density at radius 2 is 1.63 bits per heavy atom. The van der Waals surface area contributed by atoms with Crippen molar-refractivity contribution in [2.45, 2.75) is 70.9 Å². The second-order valence-corrected chi connectivity index (χ2v) is 5.11. The third kappa shape index (κ3) is 4.79. The maximum atomic E-state index is 10.2. The highest BCUT2D eigenvalue weighted by Crippen LogP contribution is 2.27. The minimum Gasteiger partial charge on any atom is -0.490 e. The van der Waals surface area contributed by atoms with E-state index >= 15 is 0 Å². The predicted octanol–water partition coefficient (Wildman–Crippen LogP) is 2.65. The average Bonchev–Trinajstić information content (AvgIpc) is 2.38. The van der Waals surface area contributed by atoms with Crippen LogP contribution < -0.4 is 0 Å². The van der Waals surface area contributed by atoms with Gasteiger partial charge in [-0.2, -0.15) is 0 Å². The van der Waals surface area contributed by atoms with Crippen LogP contribution in [-0.2, 0) is 14.2 Å². The number of hydrogen-bond donors (Lipinski definition) is 1. The van der Waals surface area contributed by atoms with Crippen LogP contribution in [-0.4, -0.2) is 42.7 Å². The molecule has 0 aromatic heterocycles. The Morgan fingerprint density at radius 3 is 2.16 bits per heavy atom. The Balaban J connectivity index is 2.60. The molecule has 0 saturated carbocycles. The second kappa shape index (κ2) is 8.56. The van der Waals surface area contributed by atoms with Crippen molar-refractivity contribution in [2.24, 2.45) is 0 Å². The molecular weight excluding hydrogens is 244 g/mol. The van der Waals surface area contributed by atoms with Crippen molar-refractivity contribution in [3.05, 3.63) is 12.3 Å². The molecule has 1 heterocycles. The molecule has 1 aliphatic rings. The third-order valence-corrected chi connectivity index (χ3v) is 3.38.